The normalized spacial score (nSPS) is 18.1. The summed E-state index contributed by atoms with van der Waals surface area (Å²) in [6.45, 7) is 3.85. The van der Waals surface area contributed by atoms with E-state index in [1.54, 1.807) is 0 Å². The number of carbonyl (C=O) groups excluding carboxylic acids is 2. The maximum Gasteiger partial charge on any atom is 0.254 e. The number of rotatable bonds is 4. The van der Waals surface area contributed by atoms with Crippen molar-refractivity contribution < 1.29 is 14.0 Å². The van der Waals surface area contributed by atoms with Crippen LogP contribution in [0.4, 0.5) is 5.69 Å². The molecule has 5 nitrogen and oxygen atoms in total. The molecule has 0 fully saturated rings. The highest BCUT2D eigenvalue weighted by atomic mass is 16.3. The summed E-state index contributed by atoms with van der Waals surface area (Å²) in [6.07, 6.45) is 2.08. The molecule has 1 atom stereocenters. The largest absolute Gasteiger partial charge is 0.460 e. The van der Waals surface area contributed by atoms with Crippen LogP contribution < -0.4 is 10.6 Å². The van der Waals surface area contributed by atoms with E-state index in [1.807, 2.05) is 80.6 Å². The number of dihydropyridines is 1. The van der Waals surface area contributed by atoms with Crippen LogP contribution >= 0.6 is 0 Å². The minimum absolute atomic E-state index is 0.0695. The predicted molar refractivity (Wildman–Crippen MR) is 128 cm³/mol. The molecule has 0 saturated heterocycles. The molecule has 0 radical (unpaired) electrons. The second-order valence-electron chi connectivity index (χ2n) is 8.60. The molecule has 3 aromatic rings. The Morgan fingerprint density at radius 3 is 2.52 bits per heavy atom. The first-order chi connectivity index (χ1) is 16.0. The fourth-order valence-corrected chi connectivity index (χ4v) is 4.74. The van der Waals surface area contributed by atoms with E-state index in [0.29, 0.717) is 29.1 Å². The Morgan fingerprint density at radius 2 is 1.73 bits per heavy atom. The lowest BCUT2D eigenvalue weighted by atomic mass is 9.77. The SMILES string of the molecule is CC1=C(C(=O)Nc2ccccc2C)C(c2ccc(-c3ccccc3)o2)C2=C(CCCC2=O)N1. The number of furan rings is 1. The molecule has 2 aromatic carbocycles. The number of ketones is 1. The van der Waals surface area contributed by atoms with Crippen molar-refractivity contribution in [2.75, 3.05) is 5.32 Å². The van der Waals surface area contributed by atoms with E-state index in [-0.39, 0.29) is 11.7 Å². The fraction of sp³-hybridized carbons (Fsp3) is 0.214. The molecule has 5 heteroatoms. The number of hydrogen-bond donors (Lipinski definition) is 2. The number of Topliss-reactive ketones (excluding diaryl/α,β-unsaturated/α-hetero) is 1. The van der Waals surface area contributed by atoms with Gasteiger partial charge in [0.1, 0.15) is 11.5 Å². The number of aryl methyl sites for hydroxylation is 1. The Balaban J connectivity index is 1.59. The molecule has 33 heavy (non-hydrogen) atoms. The van der Waals surface area contributed by atoms with Crippen LogP contribution in [0.1, 0.15) is 43.4 Å². The third-order valence-electron chi connectivity index (χ3n) is 6.38. The molecule has 1 aromatic heterocycles. The third kappa shape index (κ3) is 3.91. The average molecular weight is 439 g/mol. The molecule has 166 valence electrons. The molecule has 1 aliphatic carbocycles. The van der Waals surface area contributed by atoms with Gasteiger partial charge in [0.2, 0.25) is 0 Å². The van der Waals surface area contributed by atoms with Crippen LogP contribution in [0.5, 0.6) is 0 Å². The minimum atomic E-state index is -0.546. The first-order valence-electron chi connectivity index (χ1n) is 11.3. The zero-order valence-corrected chi connectivity index (χ0v) is 18.8. The number of allylic oxidation sites excluding steroid dienone is 3. The Kier molecular flexibility index (Phi) is 5.47. The Labute approximate surface area is 193 Å². The number of anilines is 1. The summed E-state index contributed by atoms with van der Waals surface area (Å²) < 4.78 is 6.28. The van der Waals surface area contributed by atoms with Crippen LogP contribution in [-0.2, 0) is 9.59 Å². The molecule has 0 spiro atoms. The second kappa shape index (κ2) is 8.58. The summed E-state index contributed by atoms with van der Waals surface area (Å²) in [6, 6.07) is 21.3. The predicted octanol–water partition coefficient (Wildman–Crippen LogP) is 5.86. The monoisotopic (exact) mass is 438 g/mol. The average Bonchev–Trinajstić information content (AvgIpc) is 3.30. The van der Waals surface area contributed by atoms with Gasteiger partial charge in [0, 0.05) is 34.6 Å². The van der Waals surface area contributed by atoms with Gasteiger partial charge >= 0.3 is 0 Å². The number of benzene rings is 2. The smallest absolute Gasteiger partial charge is 0.254 e. The van der Waals surface area contributed by atoms with Gasteiger partial charge in [-0.3, -0.25) is 9.59 Å². The highest BCUT2D eigenvalue weighted by molar-refractivity contribution is 6.09. The zero-order valence-electron chi connectivity index (χ0n) is 18.8. The molecule has 1 amide bonds. The van der Waals surface area contributed by atoms with Gasteiger partial charge in [0.15, 0.2) is 5.78 Å². The van der Waals surface area contributed by atoms with Gasteiger partial charge in [-0.05, 0) is 50.5 Å². The fourth-order valence-electron chi connectivity index (χ4n) is 4.74. The van der Waals surface area contributed by atoms with Gasteiger partial charge in [0.05, 0.1) is 11.5 Å². The number of hydrogen-bond acceptors (Lipinski definition) is 4. The quantitative estimate of drug-likeness (QED) is 0.535. The number of para-hydroxylation sites is 1. The van der Waals surface area contributed by atoms with Crippen LogP contribution in [0.15, 0.2) is 93.7 Å². The number of carbonyl (C=O) groups is 2. The number of nitrogens with one attached hydrogen (secondary N) is 2. The van der Waals surface area contributed by atoms with E-state index < -0.39 is 5.92 Å². The highest BCUT2D eigenvalue weighted by Crippen LogP contribution is 2.43. The molecule has 1 unspecified atom stereocenters. The van der Waals surface area contributed by atoms with Gasteiger partial charge in [-0.2, -0.15) is 0 Å². The first-order valence-corrected chi connectivity index (χ1v) is 11.3. The topological polar surface area (TPSA) is 71.3 Å². The Morgan fingerprint density at radius 1 is 0.970 bits per heavy atom. The summed E-state index contributed by atoms with van der Waals surface area (Å²) in [7, 11) is 0. The van der Waals surface area contributed by atoms with Crippen molar-refractivity contribution in [2.45, 2.75) is 39.0 Å². The van der Waals surface area contributed by atoms with E-state index in [9.17, 15) is 9.59 Å². The lowest BCUT2D eigenvalue weighted by molar-refractivity contribution is -0.116. The maximum absolute atomic E-state index is 13.6. The lowest BCUT2D eigenvalue weighted by Gasteiger charge is -2.33. The molecule has 1 aliphatic heterocycles. The van der Waals surface area contributed by atoms with Gasteiger partial charge in [-0.1, -0.05) is 48.5 Å². The molecular formula is C28H26N2O3. The first kappa shape index (κ1) is 21.0. The van der Waals surface area contributed by atoms with Crippen molar-refractivity contribution in [3.63, 3.8) is 0 Å². The summed E-state index contributed by atoms with van der Waals surface area (Å²) in [5.74, 6) is 0.607. The van der Waals surface area contributed by atoms with Crippen molar-refractivity contribution in [3.05, 3.63) is 101 Å². The van der Waals surface area contributed by atoms with Crippen LogP contribution in [-0.4, -0.2) is 11.7 Å². The van der Waals surface area contributed by atoms with E-state index in [2.05, 4.69) is 10.6 Å². The van der Waals surface area contributed by atoms with Gasteiger partial charge in [-0.25, -0.2) is 0 Å². The van der Waals surface area contributed by atoms with E-state index >= 15 is 0 Å². The summed E-state index contributed by atoms with van der Waals surface area (Å²) in [4.78, 5) is 26.7. The molecule has 0 bridgehead atoms. The summed E-state index contributed by atoms with van der Waals surface area (Å²) >= 11 is 0. The van der Waals surface area contributed by atoms with Crippen LogP contribution in [0.3, 0.4) is 0 Å². The van der Waals surface area contributed by atoms with Crippen molar-refractivity contribution in [3.8, 4) is 11.3 Å². The van der Waals surface area contributed by atoms with Crippen molar-refractivity contribution in [1.29, 1.82) is 0 Å². The molecule has 2 aliphatic rings. The molecule has 5 rings (SSSR count). The Hall–Kier alpha value is -3.86. The van der Waals surface area contributed by atoms with E-state index in [4.69, 9.17) is 4.42 Å². The van der Waals surface area contributed by atoms with E-state index in [0.717, 1.165) is 41.1 Å². The van der Waals surface area contributed by atoms with E-state index in [1.165, 1.54) is 0 Å². The number of amides is 1. The summed E-state index contributed by atoms with van der Waals surface area (Å²) in [5, 5.41) is 6.40. The van der Waals surface area contributed by atoms with Crippen molar-refractivity contribution in [2.24, 2.45) is 0 Å². The van der Waals surface area contributed by atoms with Crippen LogP contribution in [0.2, 0.25) is 0 Å². The van der Waals surface area contributed by atoms with Gasteiger partial charge in [0.25, 0.3) is 5.91 Å². The van der Waals surface area contributed by atoms with Crippen molar-refractivity contribution in [1.82, 2.24) is 5.32 Å². The maximum atomic E-state index is 13.6. The molecule has 2 heterocycles. The molecular weight excluding hydrogens is 412 g/mol. The third-order valence-corrected chi connectivity index (χ3v) is 6.38. The molecule has 2 N–H and O–H groups in total. The standard InChI is InChI=1S/C28H26N2O3/c1-17-9-6-7-12-20(17)30-28(32)25-18(2)29-21-13-8-14-22(31)26(21)27(25)24-16-15-23(33-24)19-10-4-3-5-11-19/h3-7,9-12,15-16,27,29H,8,13-14H2,1-2H3,(H,30,32). The minimum Gasteiger partial charge on any atom is -0.460 e. The Bertz CT molecular complexity index is 1300. The second-order valence-corrected chi connectivity index (χ2v) is 8.60. The lowest BCUT2D eigenvalue weighted by Crippen LogP contribution is -2.35. The highest BCUT2D eigenvalue weighted by Gasteiger charge is 2.40. The van der Waals surface area contributed by atoms with Gasteiger partial charge < -0.3 is 15.1 Å². The van der Waals surface area contributed by atoms with Crippen LogP contribution in [0, 0.1) is 6.92 Å². The van der Waals surface area contributed by atoms with Crippen LogP contribution in [0.25, 0.3) is 11.3 Å². The zero-order chi connectivity index (χ0) is 22.9. The summed E-state index contributed by atoms with van der Waals surface area (Å²) in [5.41, 5.74) is 5.49. The van der Waals surface area contributed by atoms with Crippen molar-refractivity contribution >= 4 is 17.4 Å². The molecule has 0 saturated carbocycles. The van der Waals surface area contributed by atoms with Gasteiger partial charge in [-0.15, -0.1) is 0 Å².